The summed E-state index contributed by atoms with van der Waals surface area (Å²) in [7, 11) is 0. The molecule has 0 rings (SSSR count). The fraction of sp³-hybridized carbons (Fsp3) is 0.714. The summed E-state index contributed by atoms with van der Waals surface area (Å²) in [4.78, 5) is 45.1. The van der Waals surface area contributed by atoms with Crippen LogP contribution >= 0.6 is 11.8 Å². The first-order valence-corrected chi connectivity index (χ1v) is 8.32. The van der Waals surface area contributed by atoms with Gasteiger partial charge in [-0.05, 0) is 6.42 Å². The molecule has 10 heteroatoms. The number of carboxylic acids is 2. The second-order valence-electron chi connectivity index (χ2n) is 6.14. The molecule has 2 unspecified atom stereocenters. The molecule has 0 heterocycles. The fourth-order valence-corrected chi connectivity index (χ4v) is 2.38. The Balaban J connectivity index is 4.67. The largest absolute Gasteiger partial charge is 0.480 e. The van der Waals surface area contributed by atoms with Crippen LogP contribution in [0.3, 0.4) is 0 Å². The molecule has 0 fully saturated rings. The molecule has 0 saturated heterocycles. The first-order valence-electron chi connectivity index (χ1n) is 7.33. The molecule has 0 radical (unpaired) electrons. The maximum Gasteiger partial charge on any atom is 0.322 e. The lowest BCUT2D eigenvalue weighted by Crippen LogP contribution is -2.50. The highest BCUT2D eigenvalue weighted by Crippen LogP contribution is 2.23. The fourth-order valence-electron chi connectivity index (χ4n) is 1.48. The summed E-state index contributed by atoms with van der Waals surface area (Å²) in [5.41, 5.74) is 5.32. The second kappa shape index (κ2) is 10.1. The third kappa shape index (κ3) is 10.8. The minimum atomic E-state index is -1.21. The summed E-state index contributed by atoms with van der Waals surface area (Å²) in [6, 6.07) is -2.07. The Labute approximate surface area is 144 Å². The van der Waals surface area contributed by atoms with Gasteiger partial charge in [-0.1, -0.05) is 20.8 Å². The predicted molar refractivity (Wildman–Crippen MR) is 89.6 cm³/mol. The van der Waals surface area contributed by atoms with Crippen molar-refractivity contribution in [3.8, 4) is 0 Å². The monoisotopic (exact) mass is 363 g/mol. The smallest absolute Gasteiger partial charge is 0.322 e. The van der Waals surface area contributed by atoms with Crippen LogP contribution < -0.4 is 16.4 Å². The molecular weight excluding hydrogens is 338 g/mol. The molecule has 0 aliphatic heterocycles. The lowest BCUT2D eigenvalue weighted by atomic mass is 10.1. The molecule has 0 spiro atoms. The van der Waals surface area contributed by atoms with Crippen LogP contribution in [0.2, 0.25) is 0 Å². The highest BCUT2D eigenvalue weighted by Gasteiger charge is 2.24. The number of carbonyl (C=O) groups is 4. The quantitative estimate of drug-likeness (QED) is 0.344. The Morgan fingerprint density at radius 3 is 2.21 bits per heavy atom. The third-order valence-corrected chi connectivity index (χ3v) is 4.11. The summed E-state index contributed by atoms with van der Waals surface area (Å²) in [6.45, 7) is 5.28. The number of hydrogen-bond donors (Lipinski definition) is 5. The molecule has 0 aromatic heterocycles. The van der Waals surface area contributed by atoms with Gasteiger partial charge in [-0.3, -0.25) is 19.2 Å². The van der Waals surface area contributed by atoms with E-state index in [-0.39, 0.29) is 23.3 Å². The van der Waals surface area contributed by atoms with Crippen LogP contribution in [0.25, 0.3) is 0 Å². The number of nitrogens with one attached hydrogen (secondary N) is 2. The molecule has 2 amide bonds. The number of thioether (sulfide) groups is 1. The van der Waals surface area contributed by atoms with E-state index in [1.807, 2.05) is 20.8 Å². The van der Waals surface area contributed by atoms with E-state index in [9.17, 15) is 19.2 Å². The summed E-state index contributed by atoms with van der Waals surface area (Å²) >= 11 is 1.43. The van der Waals surface area contributed by atoms with Gasteiger partial charge >= 0.3 is 11.9 Å². The molecule has 24 heavy (non-hydrogen) atoms. The van der Waals surface area contributed by atoms with Gasteiger partial charge in [0.05, 0.1) is 0 Å². The normalized spacial score (nSPS) is 13.7. The first kappa shape index (κ1) is 22.2. The molecule has 0 bridgehead atoms. The van der Waals surface area contributed by atoms with E-state index >= 15 is 0 Å². The van der Waals surface area contributed by atoms with Gasteiger partial charge < -0.3 is 26.6 Å². The van der Waals surface area contributed by atoms with Crippen molar-refractivity contribution in [2.75, 3.05) is 12.3 Å². The molecule has 2 atom stereocenters. The molecule has 6 N–H and O–H groups in total. The lowest BCUT2D eigenvalue weighted by Gasteiger charge is -2.23. The minimum Gasteiger partial charge on any atom is -0.480 e. The Kier molecular flexibility index (Phi) is 9.37. The van der Waals surface area contributed by atoms with Crippen molar-refractivity contribution in [2.24, 2.45) is 5.73 Å². The van der Waals surface area contributed by atoms with E-state index in [1.165, 1.54) is 11.8 Å². The van der Waals surface area contributed by atoms with Crippen LogP contribution in [-0.2, 0) is 19.2 Å². The number of carboxylic acid groups (broad SMARTS) is 2. The van der Waals surface area contributed by atoms with Crippen LogP contribution in [-0.4, -0.2) is 63.1 Å². The van der Waals surface area contributed by atoms with Gasteiger partial charge in [-0.2, -0.15) is 11.8 Å². The van der Waals surface area contributed by atoms with Gasteiger partial charge in [-0.25, -0.2) is 0 Å². The molecule has 0 saturated carbocycles. The zero-order chi connectivity index (χ0) is 18.9. The van der Waals surface area contributed by atoms with E-state index < -0.39 is 42.4 Å². The van der Waals surface area contributed by atoms with Gasteiger partial charge in [-0.15, -0.1) is 0 Å². The number of carbonyl (C=O) groups excluding carboxylic acids is 2. The van der Waals surface area contributed by atoms with Gasteiger partial charge in [0.15, 0.2) is 0 Å². The van der Waals surface area contributed by atoms with Crippen LogP contribution in [0.1, 0.15) is 33.6 Å². The Bertz CT molecular complexity index is 478. The maximum atomic E-state index is 12.0. The van der Waals surface area contributed by atoms with Crippen molar-refractivity contribution in [2.45, 2.75) is 50.4 Å². The Morgan fingerprint density at radius 2 is 1.75 bits per heavy atom. The average molecular weight is 363 g/mol. The molecule has 0 aliphatic rings. The number of nitrogens with two attached hydrogens (primary N) is 1. The molecule has 9 nitrogen and oxygen atoms in total. The zero-order valence-corrected chi connectivity index (χ0v) is 14.8. The highest BCUT2D eigenvalue weighted by molar-refractivity contribution is 8.00. The van der Waals surface area contributed by atoms with Crippen LogP contribution in [0, 0.1) is 0 Å². The zero-order valence-electron chi connectivity index (χ0n) is 14.0. The van der Waals surface area contributed by atoms with Crippen molar-refractivity contribution < 1.29 is 29.4 Å². The average Bonchev–Trinajstić information content (AvgIpc) is 2.45. The van der Waals surface area contributed by atoms with Crippen molar-refractivity contribution in [1.82, 2.24) is 10.6 Å². The lowest BCUT2D eigenvalue weighted by molar-refractivity contribution is -0.139. The van der Waals surface area contributed by atoms with Gasteiger partial charge in [0.25, 0.3) is 0 Å². The molecule has 0 aliphatic carbocycles. The summed E-state index contributed by atoms with van der Waals surface area (Å²) < 4.78 is -0.151. The number of amides is 2. The maximum absolute atomic E-state index is 12.0. The summed E-state index contributed by atoms with van der Waals surface area (Å²) in [6.07, 6.45) is -0.201. The third-order valence-electron chi connectivity index (χ3n) is 2.75. The van der Waals surface area contributed by atoms with Crippen molar-refractivity contribution in [3.63, 3.8) is 0 Å². The van der Waals surface area contributed by atoms with E-state index in [0.717, 1.165) is 0 Å². The van der Waals surface area contributed by atoms with E-state index in [1.54, 1.807) is 0 Å². The van der Waals surface area contributed by atoms with Crippen LogP contribution in [0.5, 0.6) is 0 Å². The predicted octanol–water partition coefficient (Wildman–Crippen LogP) is -0.604. The van der Waals surface area contributed by atoms with Gasteiger partial charge in [0, 0.05) is 16.9 Å². The summed E-state index contributed by atoms with van der Waals surface area (Å²) in [5, 5.41) is 22.0. The molecule has 138 valence electrons. The number of rotatable bonds is 10. The molecule has 0 aromatic carbocycles. The Morgan fingerprint density at radius 1 is 1.17 bits per heavy atom. The number of hydrogen-bond acceptors (Lipinski definition) is 6. The van der Waals surface area contributed by atoms with Gasteiger partial charge in [0.1, 0.15) is 18.6 Å². The second-order valence-corrected chi connectivity index (χ2v) is 7.99. The Hall–Kier alpha value is -1.81. The van der Waals surface area contributed by atoms with Crippen LogP contribution in [0.4, 0.5) is 0 Å². The molecular formula is C14H25N3O6S. The standard InChI is InChI=1S/C14H25N3O6S/c1-14(2,3)24-7-9(12(21)16-6-11(19)20)17-10(18)5-4-8(15)13(22)23/h8-9H,4-7,15H2,1-3H3,(H,16,21)(H,17,18)(H,19,20)(H,22,23). The van der Waals surface area contributed by atoms with E-state index in [4.69, 9.17) is 15.9 Å². The first-order chi connectivity index (χ1) is 10.9. The van der Waals surface area contributed by atoms with Crippen molar-refractivity contribution >= 4 is 35.5 Å². The van der Waals surface area contributed by atoms with E-state index in [0.29, 0.717) is 0 Å². The van der Waals surface area contributed by atoms with Gasteiger partial charge in [0.2, 0.25) is 11.8 Å². The number of aliphatic carboxylic acids is 2. The minimum absolute atomic E-state index is 0.0585. The van der Waals surface area contributed by atoms with Crippen molar-refractivity contribution in [1.29, 1.82) is 0 Å². The highest BCUT2D eigenvalue weighted by atomic mass is 32.2. The van der Waals surface area contributed by atoms with Crippen molar-refractivity contribution in [3.05, 3.63) is 0 Å². The topological polar surface area (TPSA) is 159 Å². The SMILES string of the molecule is CC(C)(C)SCC(NC(=O)CCC(N)C(=O)O)C(=O)NCC(=O)O. The van der Waals surface area contributed by atoms with E-state index in [2.05, 4.69) is 10.6 Å². The molecule has 0 aromatic rings. The van der Waals surface area contributed by atoms with Crippen LogP contribution in [0.15, 0.2) is 0 Å². The summed E-state index contributed by atoms with van der Waals surface area (Å²) in [5.74, 6) is -3.26.